The van der Waals surface area contributed by atoms with Crippen molar-refractivity contribution in [3.8, 4) is 0 Å². The van der Waals surface area contributed by atoms with E-state index in [-0.39, 0.29) is 23.5 Å². The van der Waals surface area contributed by atoms with Gasteiger partial charge >= 0.3 is 0 Å². The molecule has 0 aliphatic carbocycles. The van der Waals surface area contributed by atoms with Crippen LogP contribution in [0.3, 0.4) is 0 Å². The molecule has 2 aliphatic heterocycles. The number of nitrogens with zero attached hydrogens (tertiary/aromatic N) is 1. The van der Waals surface area contributed by atoms with E-state index in [1.165, 1.54) is 11.1 Å². The van der Waals surface area contributed by atoms with Crippen LogP contribution >= 0.6 is 0 Å². The lowest BCUT2D eigenvalue weighted by atomic mass is 9.84. The summed E-state index contributed by atoms with van der Waals surface area (Å²) in [6.45, 7) is 4.11. The Labute approximate surface area is 191 Å². The Bertz CT molecular complexity index is 912. The first-order valence-electron chi connectivity index (χ1n) is 11.8. The first-order valence-corrected chi connectivity index (χ1v) is 11.8. The third-order valence-corrected chi connectivity index (χ3v) is 6.78. The van der Waals surface area contributed by atoms with E-state index in [0.29, 0.717) is 32.4 Å². The van der Waals surface area contributed by atoms with Gasteiger partial charge in [-0.05, 0) is 50.2 Å². The van der Waals surface area contributed by atoms with Gasteiger partial charge in [-0.25, -0.2) is 0 Å². The summed E-state index contributed by atoms with van der Waals surface area (Å²) in [5.74, 6) is 0.263. The topological polar surface area (TPSA) is 58.6 Å². The summed E-state index contributed by atoms with van der Waals surface area (Å²) in [5.41, 5.74) is 3.27. The van der Waals surface area contributed by atoms with Crippen molar-refractivity contribution >= 4 is 11.8 Å². The molecule has 2 amide bonds. The molecule has 32 heavy (non-hydrogen) atoms. The second-order valence-corrected chi connectivity index (χ2v) is 9.39. The maximum absolute atomic E-state index is 13.1. The number of ether oxygens (including phenoxy) is 1. The molecule has 0 aromatic heterocycles. The second-order valence-electron chi connectivity index (χ2n) is 9.39. The van der Waals surface area contributed by atoms with Crippen molar-refractivity contribution in [3.63, 3.8) is 0 Å². The smallest absolute Gasteiger partial charge is 0.222 e. The number of amides is 2. The van der Waals surface area contributed by atoms with Crippen molar-refractivity contribution in [1.82, 2.24) is 10.2 Å². The van der Waals surface area contributed by atoms with Gasteiger partial charge in [0.15, 0.2) is 0 Å². The summed E-state index contributed by atoms with van der Waals surface area (Å²) < 4.78 is 6.10. The maximum atomic E-state index is 13.1. The van der Waals surface area contributed by atoms with Crippen LogP contribution in [-0.2, 0) is 27.4 Å². The number of likely N-dealkylation sites (tertiary alicyclic amines) is 1. The van der Waals surface area contributed by atoms with Crippen molar-refractivity contribution < 1.29 is 14.3 Å². The van der Waals surface area contributed by atoms with E-state index in [4.69, 9.17) is 4.74 Å². The van der Waals surface area contributed by atoms with Crippen LogP contribution in [0.5, 0.6) is 0 Å². The summed E-state index contributed by atoms with van der Waals surface area (Å²) in [6.07, 6.45) is 5.28. The third-order valence-electron chi connectivity index (χ3n) is 6.78. The summed E-state index contributed by atoms with van der Waals surface area (Å²) in [7, 11) is 0. The molecule has 2 fully saturated rings. The fraction of sp³-hybridized carbons (Fsp3) is 0.481. The number of carbonyl (C=O) groups is 2. The first kappa shape index (κ1) is 22.5. The fourth-order valence-electron chi connectivity index (χ4n) is 4.87. The number of hydrogen-bond acceptors (Lipinski definition) is 3. The molecule has 2 aromatic carbocycles. The second kappa shape index (κ2) is 10.3. The van der Waals surface area contributed by atoms with Crippen LogP contribution < -0.4 is 5.32 Å². The lowest BCUT2D eigenvalue weighted by molar-refractivity contribution is -0.136. The van der Waals surface area contributed by atoms with Gasteiger partial charge < -0.3 is 15.0 Å². The summed E-state index contributed by atoms with van der Waals surface area (Å²) in [5, 5.41) is 3.20. The van der Waals surface area contributed by atoms with Gasteiger partial charge in [0, 0.05) is 31.5 Å². The fourth-order valence-corrected chi connectivity index (χ4v) is 4.87. The lowest BCUT2D eigenvalue weighted by Gasteiger charge is -2.34. The molecule has 2 saturated heterocycles. The van der Waals surface area contributed by atoms with E-state index >= 15 is 0 Å². The molecule has 4 rings (SSSR count). The molecule has 0 saturated carbocycles. The van der Waals surface area contributed by atoms with Crippen LogP contribution in [0.1, 0.15) is 55.2 Å². The summed E-state index contributed by atoms with van der Waals surface area (Å²) in [6, 6.07) is 18.6. The Balaban J connectivity index is 1.31. The van der Waals surface area contributed by atoms with Gasteiger partial charge in [0.1, 0.15) is 0 Å². The van der Waals surface area contributed by atoms with E-state index in [9.17, 15) is 9.59 Å². The largest absolute Gasteiger partial charge is 0.372 e. The van der Waals surface area contributed by atoms with Crippen molar-refractivity contribution in [2.45, 2.75) is 70.1 Å². The molecule has 0 bridgehead atoms. The highest BCUT2D eigenvalue weighted by Gasteiger charge is 2.38. The van der Waals surface area contributed by atoms with Gasteiger partial charge in [-0.2, -0.15) is 0 Å². The molecule has 0 radical (unpaired) electrons. The van der Waals surface area contributed by atoms with Gasteiger partial charge in [-0.3, -0.25) is 9.59 Å². The van der Waals surface area contributed by atoms with Gasteiger partial charge in [-0.15, -0.1) is 0 Å². The summed E-state index contributed by atoms with van der Waals surface area (Å²) >= 11 is 0. The van der Waals surface area contributed by atoms with Gasteiger partial charge in [0.05, 0.1) is 12.7 Å². The minimum Gasteiger partial charge on any atom is -0.372 e. The molecular weight excluding hydrogens is 400 g/mol. The number of nitrogens with one attached hydrogen (secondary N) is 1. The average Bonchev–Trinajstić information content (AvgIpc) is 3.19. The number of hydrogen-bond donors (Lipinski definition) is 1. The van der Waals surface area contributed by atoms with Crippen LogP contribution in [0.25, 0.3) is 0 Å². The Morgan fingerprint density at radius 3 is 2.62 bits per heavy atom. The zero-order valence-corrected chi connectivity index (χ0v) is 19.0. The minimum absolute atomic E-state index is 0.0839. The standard InChI is InChI=1S/C27H34N2O3/c1-21-9-11-22(12-10-21)18-27(15-13-25(30)28-27)16-14-26(31)29-17-5-8-24(19-29)32-20-23-6-3-2-4-7-23/h2-4,6-7,9-12,24H,5,8,13-20H2,1H3,(H,28,30)/t24-,27+/m1/s1. The van der Waals surface area contributed by atoms with Gasteiger partial charge in [-0.1, -0.05) is 60.2 Å². The minimum atomic E-state index is -0.318. The highest BCUT2D eigenvalue weighted by molar-refractivity contribution is 5.80. The van der Waals surface area contributed by atoms with E-state index in [1.54, 1.807) is 0 Å². The number of aryl methyl sites for hydroxylation is 1. The molecule has 5 heteroatoms. The molecule has 2 aliphatic rings. The van der Waals surface area contributed by atoms with E-state index in [1.807, 2.05) is 23.1 Å². The Morgan fingerprint density at radius 2 is 1.91 bits per heavy atom. The van der Waals surface area contributed by atoms with Crippen LogP contribution in [0.2, 0.25) is 0 Å². The number of carbonyl (C=O) groups excluding carboxylic acids is 2. The van der Waals surface area contributed by atoms with Crippen molar-refractivity contribution in [2.24, 2.45) is 0 Å². The van der Waals surface area contributed by atoms with Gasteiger partial charge in [0.2, 0.25) is 11.8 Å². The predicted octanol–water partition coefficient (Wildman–Crippen LogP) is 4.17. The molecular formula is C27H34N2O3. The summed E-state index contributed by atoms with van der Waals surface area (Å²) in [4.78, 5) is 27.1. The Kier molecular flexibility index (Phi) is 7.26. The zero-order chi connectivity index (χ0) is 22.4. The van der Waals surface area contributed by atoms with Crippen molar-refractivity contribution in [2.75, 3.05) is 13.1 Å². The normalized spacial score (nSPS) is 23.2. The third kappa shape index (κ3) is 5.98. The molecule has 2 heterocycles. The SMILES string of the molecule is Cc1ccc(C[C@@]2(CCC(=O)N3CCC[C@@H](OCc4ccccc4)C3)CCC(=O)N2)cc1. The van der Waals surface area contributed by atoms with E-state index < -0.39 is 0 Å². The Morgan fingerprint density at radius 1 is 1.12 bits per heavy atom. The van der Waals surface area contributed by atoms with Crippen LogP contribution in [0.15, 0.2) is 54.6 Å². The highest BCUT2D eigenvalue weighted by Crippen LogP contribution is 2.30. The molecule has 170 valence electrons. The lowest BCUT2D eigenvalue weighted by Crippen LogP contribution is -2.46. The number of piperidine rings is 1. The molecule has 2 atom stereocenters. The number of rotatable bonds is 8. The molecule has 0 unspecified atom stereocenters. The first-order chi connectivity index (χ1) is 15.5. The monoisotopic (exact) mass is 434 g/mol. The molecule has 1 N–H and O–H groups in total. The van der Waals surface area contributed by atoms with Crippen molar-refractivity contribution in [3.05, 3.63) is 71.3 Å². The van der Waals surface area contributed by atoms with E-state index in [0.717, 1.165) is 37.8 Å². The molecule has 5 nitrogen and oxygen atoms in total. The van der Waals surface area contributed by atoms with E-state index in [2.05, 4.69) is 48.6 Å². The predicted molar refractivity (Wildman–Crippen MR) is 125 cm³/mol. The van der Waals surface area contributed by atoms with Crippen molar-refractivity contribution in [1.29, 1.82) is 0 Å². The number of benzene rings is 2. The van der Waals surface area contributed by atoms with Gasteiger partial charge in [0.25, 0.3) is 0 Å². The van der Waals surface area contributed by atoms with Crippen LogP contribution in [-0.4, -0.2) is 41.4 Å². The highest BCUT2D eigenvalue weighted by atomic mass is 16.5. The quantitative estimate of drug-likeness (QED) is 0.678. The Hall–Kier alpha value is -2.66. The van der Waals surface area contributed by atoms with Crippen LogP contribution in [0.4, 0.5) is 0 Å². The maximum Gasteiger partial charge on any atom is 0.222 e. The molecule has 0 spiro atoms. The molecule has 2 aromatic rings. The average molecular weight is 435 g/mol. The zero-order valence-electron chi connectivity index (χ0n) is 19.0. The van der Waals surface area contributed by atoms with Crippen LogP contribution in [0, 0.1) is 6.92 Å².